The lowest BCUT2D eigenvalue weighted by atomic mass is 10.1. The molecule has 2 amide bonds. The summed E-state index contributed by atoms with van der Waals surface area (Å²) in [6.07, 6.45) is 1.80. The number of methoxy groups -OCH3 is 1. The van der Waals surface area contributed by atoms with Gasteiger partial charge >= 0.3 is 0 Å². The van der Waals surface area contributed by atoms with Gasteiger partial charge in [-0.1, -0.05) is 53.2 Å². The zero-order chi connectivity index (χ0) is 21.3. The van der Waals surface area contributed by atoms with Crippen molar-refractivity contribution in [1.29, 1.82) is 0 Å². The van der Waals surface area contributed by atoms with Gasteiger partial charge in [0.05, 0.1) is 26.3 Å². The molecule has 0 aliphatic carbocycles. The summed E-state index contributed by atoms with van der Waals surface area (Å²) < 4.78 is 6.79. The van der Waals surface area contributed by atoms with Gasteiger partial charge in [-0.15, -0.1) is 5.10 Å². The Bertz CT molecular complexity index is 998. The third-order valence-corrected chi connectivity index (χ3v) is 4.55. The van der Waals surface area contributed by atoms with Gasteiger partial charge in [0, 0.05) is 18.7 Å². The van der Waals surface area contributed by atoms with E-state index >= 15 is 0 Å². The van der Waals surface area contributed by atoms with Crippen LogP contribution in [0.3, 0.4) is 0 Å². The SMILES string of the molecule is COc1ccccc1CC(=O)NCCn1cc(C(=O)NCc2ccc(C)cc2)nn1. The van der Waals surface area contributed by atoms with Crippen molar-refractivity contribution in [2.24, 2.45) is 0 Å². The maximum Gasteiger partial charge on any atom is 0.273 e. The van der Waals surface area contributed by atoms with Gasteiger partial charge in [0.25, 0.3) is 5.91 Å². The number of amides is 2. The average Bonchev–Trinajstić information content (AvgIpc) is 3.22. The van der Waals surface area contributed by atoms with Crippen molar-refractivity contribution >= 4 is 11.8 Å². The van der Waals surface area contributed by atoms with Crippen LogP contribution in [-0.4, -0.2) is 40.5 Å². The van der Waals surface area contributed by atoms with Gasteiger partial charge in [-0.2, -0.15) is 0 Å². The van der Waals surface area contributed by atoms with Gasteiger partial charge in [-0.3, -0.25) is 9.59 Å². The summed E-state index contributed by atoms with van der Waals surface area (Å²) in [6.45, 7) is 3.23. The molecule has 0 saturated carbocycles. The first-order chi connectivity index (χ1) is 14.5. The van der Waals surface area contributed by atoms with Crippen LogP contribution >= 0.6 is 0 Å². The second-order valence-corrected chi connectivity index (χ2v) is 6.87. The summed E-state index contributed by atoms with van der Waals surface area (Å²) >= 11 is 0. The molecule has 1 heterocycles. The molecule has 2 N–H and O–H groups in total. The predicted molar refractivity (Wildman–Crippen MR) is 112 cm³/mol. The van der Waals surface area contributed by atoms with Gasteiger partial charge in [-0.25, -0.2) is 4.68 Å². The first kappa shape index (κ1) is 21.0. The minimum Gasteiger partial charge on any atom is -0.496 e. The first-order valence-electron chi connectivity index (χ1n) is 9.67. The van der Waals surface area contributed by atoms with Crippen LogP contribution in [0.25, 0.3) is 0 Å². The molecule has 8 nitrogen and oxygen atoms in total. The van der Waals surface area contributed by atoms with Crippen LogP contribution in [0, 0.1) is 6.92 Å². The molecule has 0 saturated heterocycles. The lowest BCUT2D eigenvalue weighted by Gasteiger charge is -2.08. The fraction of sp³-hybridized carbons (Fsp3) is 0.273. The Kier molecular flexibility index (Phi) is 7.15. The summed E-state index contributed by atoms with van der Waals surface area (Å²) in [4.78, 5) is 24.4. The van der Waals surface area contributed by atoms with E-state index in [1.54, 1.807) is 13.3 Å². The molecule has 0 bridgehead atoms. The summed E-state index contributed by atoms with van der Waals surface area (Å²) in [5.41, 5.74) is 3.25. The standard InChI is InChI=1S/C22H25N5O3/c1-16-7-9-17(10-8-16)14-24-22(29)19-15-27(26-25-19)12-11-23-21(28)13-18-5-3-4-6-20(18)30-2/h3-10,15H,11-14H2,1-2H3,(H,23,28)(H,24,29). The van der Waals surface area contributed by atoms with E-state index in [1.165, 1.54) is 10.2 Å². The summed E-state index contributed by atoms with van der Waals surface area (Å²) in [7, 11) is 1.58. The molecular weight excluding hydrogens is 382 g/mol. The zero-order valence-corrected chi connectivity index (χ0v) is 17.1. The fourth-order valence-electron chi connectivity index (χ4n) is 2.88. The highest BCUT2D eigenvalue weighted by Gasteiger charge is 2.11. The lowest BCUT2D eigenvalue weighted by molar-refractivity contribution is -0.120. The number of para-hydroxylation sites is 1. The molecule has 8 heteroatoms. The van der Waals surface area contributed by atoms with Crippen molar-refractivity contribution in [1.82, 2.24) is 25.6 Å². The number of benzene rings is 2. The van der Waals surface area contributed by atoms with Crippen LogP contribution < -0.4 is 15.4 Å². The van der Waals surface area contributed by atoms with E-state index in [4.69, 9.17) is 4.74 Å². The Morgan fingerprint density at radius 3 is 2.60 bits per heavy atom. The lowest BCUT2D eigenvalue weighted by Crippen LogP contribution is -2.28. The maximum atomic E-state index is 12.2. The summed E-state index contributed by atoms with van der Waals surface area (Å²) in [6, 6.07) is 15.4. The third-order valence-electron chi connectivity index (χ3n) is 4.55. The highest BCUT2D eigenvalue weighted by atomic mass is 16.5. The van der Waals surface area contributed by atoms with Gasteiger partial charge in [0.1, 0.15) is 5.75 Å². The number of ether oxygens (including phenoxy) is 1. The second-order valence-electron chi connectivity index (χ2n) is 6.87. The number of nitrogens with zero attached hydrogens (tertiary/aromatic N) is 3. The van der Waals surface area contributed by atoms with E-state index < -0.39 is 0 Å². The van der Waals surface area contributed by atoms with E-state index in [1.807, 2.05) is 55.5 Å². The molecule has 0 atom stereocenters. The van der Waals surface area contributed by atoms with E-state index in [9.17, 15) is 9.59 Å². The van der Waals surface area contributed by atoms with Gasteiger partial charge in [-0.05, 0) is 18.6 Å². The molecule has 30 heavy (non-hydrogen) atoms. The van der Waals surface area contributed by atoms with Gasteiger partial charge in [0.15, 0.2) is 5.69 Å². The number of aryl methyl sites for hydroxylation is 1. The van der Waals surface area contributed by atoms with Crippen molar-refractivity contribution in [3.05, 3.63) is 77.1 Å². The van der Waals surface area contributed by atoms with Gasteiger partial charge in [0.2, 0.25) is 5.91 Å². The van der Waals surface area contributed by atoms with Crippen LogP contribution in [0.15, 0.2) is 54.7 Å². The molecule has 2 aromatic carbocycles. The van der Waals surface area contributed by atoms with Crippen LogP contribution in [0.4, 0.5) is 0 Å². The molecule has 0 aliphatic rings. The minimum absolute atomic E-state index is 0.115. The number of nitrogens with one attached hydrogen (secondary N) is 2. The molecule has 0 unspecified atom stereocenters. The number of carbonyl (C=O) groups is 2. The van der Waals surface area contributed by atoms with Crippen molar-refractivity contribution in [3.63, 3.8) is 0 Å². The molecule has 1 aromatic heterocycles. The minimum atomic E-state index is -0.290. The number of hydrogen-bond donors (Lipinski definition) is 2. The topological polar surface area (TPSA) is 98.1 Å². The highest BCUT2D eigenvalue weighted by Crippen LogP contribution is 2.17. The number of carbonyl (C=O) groups excluding carboxylic acids is 2. The van der Waals surface area contributed by atoms with Crippen molar-refractivity contribution < 1.29 is 14.3 Å². The summed E-state index contributed by atoms with van der Waals surface area (Å²) in [5.74, 6) is 0.280. The molecule has 0 radical (unpaired) electrons. The molecular formula is C22H25N5O3. The van der Waals surface area contributed by atoms with E-state index in [-0.39, 0.29) is 23.9 Å². The van der Waals surface area contributed by atoms with Crippen LogP contribution in [0.1, 0.15) is 27.2 Å². The molecule has 0 spiro atoms. The van der Waals surface area contributed by atoms with E-state index in [0.29, 0.717) is 25.4 Å². The molecule has 156 valence electrons. The molecule has 3 aromatic rings. The normalized spacial score (nSPS) is 10.5. The Labute approximate surface area is 175 Å². The van der Waals surface area contributed by atoms with Crippen LogP contribution in [0.5, 0.6) is 5.75 Å². The van der Waals surface area contributed by atoms with Crippen molar-refractivity contribution in [2.75, 3.05) is 13.7 Å². The Morgan fingerprint density at radius 2 is 1.83 bits per heavy atom. The van der Waals surface area contributed by atoms with Crippen molar-refractivity contribution in [3.8, 4) is 5.75 Å². The Balaban J connectivity index is 1.43. The average molecular weight is 407 g/mol. The maximum absolute atomic E-state index is 12.2. The van der Waals surface area contributed by atoms with Crippen molar-refractivity contribution in [2.45, 2.75) is 26.4 Å². The smallest absolute Gasteiger partial charge is 0.273 e. The monoisotopic (exact) mass is 407 g/mol. The van der Waals surface area contributed by atoms with Crippen LogP contribution in [-0.2, 0) is 24.3 Å². The molecule has 3 rings (SSSR count). The fourth-order valence-corrected chi connectivity index (χ4v) is 2.88. The number of aromatic nitrogens is 3. The van der Waals surface area contributed by atoms with Gasteiger partial charge < -0.3 is 15.4 Å². The Hall–Kier alpha value is -3.68. The third kappa shape index (κ3) is 5.91. The largest absolute Gasteiger partial charge is 0.496 e. The van der Waals surface area contributed by atoms with E-state index in [0.717, 1.165) is 11.1 Å². The quantitative estimate of drug-likeness (QED) is 0.564. The predicted octanol–water partition coefficient (Wildman–Crippen LogP) is 1.88. The van der Waals surface area contributed by atoms with Crippen LogP contribution in [0.2, 0.25) is 0 Å². The highest BCUT2D eigenvalue weighted by molar-refractivity contribution is 5.91. The zero-order valence-electron chi connectivity index (χ0n) is 17.1. The van der Waals surface area contributed by atoms with E-state index in [2.05, 4.69) is 20.9 Å². The Morgan fingerprint density at radius 1 is 1.07 bits per heavy atom. The molecule has 0 fully saturated rings. The summed E-state index contributed by atoms with van der Waals surface area (Å²) in [5, 5.41) is 13.5. The first-order valence-corrected chi connectivity index (χ1v) is 9.67. The second kappa shape index (κ2) is 10.2. The molecule has 0 aliphatic heterocycles. The number of hydrogen-bond acceptors (Lipinski definition) is 5. The number of rotatable bonds is 9.